The van der Waals surface area contributed by atoms with Crippen LogP contribution in [0.4, 0.5) is 0 Å². The van der Waals surface area contributed by atoms with E-state index in [4.69, 9.17) is 9.47 Å². The topological polar surface area (TPSA) is 78.3 Å². The SMILES string of the molecule is CCOC(OCC)c1cn(CC2CCC(=O)N2)nn1. The van der Waals surface area contributed by atoms with Gasteiger partial charge in [-0.15, -0.1) is 5.10 Å². The maximum atomic E-state index is 11.1. The Kier molecular flexibility index (Phi) is 4.86. The molecule has 2 rings (SSSR count). The van der Waals surface area contributed by atoms with Crippen LogP contribution in [-0.2, 0) is 20.8 Å². The number of carbonyl (C=O) groups excluding carboxylic acids is 1. The molecule has 0 aliphatic carbocycles. The minimum Gasteiger partial charge on any atom is -0.351 e. The van der Waals surface area contributed by atoms with Gasteiger partial charge in [-0.3, -0.25) is 9.48 Å². The molecule has 7 heteroatoms. The molecule has 0 radical (unpaired) electrons. The number of hydrogen-bond acceptors (Lipinski definition) is 5. The minimum atomic E-state index is -0.470. The molecule has 1 aromatic heterocycles. The molecule has 1 aliphatic heterocycles. The van der Waals surface area contributed by atoms with Crippen LogP contribution in [0.5, 0.6) is 0 Å². The minimum absolute atomic E-state index is 0.104. The fourth-order valence-electron chi connectivity index (χ4n) is 2.07. The lowest BCUT2D eigenvalue weighted by Crippen LogP contribution is -2.29. The van der Waals surface area contributed by atoms with Crippen molar-refractivity contribution in [2.75, 3.05) is 13.2 Å². The Morgan fingerprint density at radius 1 is 1.47 bits per heavy atom. The fraction of sp³-hybridized carbons (Fsp3) is 0.750. The molecule has 0 spiro atoms. The van der Waals surface area contributed by atoms with E-state index in [1.807, 2.05) is 13.8 Å². The van der Waals surface area contributed by atoms with Crippen molar-refractivity contribution >= 4 is 5.91 Å². The van der Waals surface area contributed by atoms with Gasteiger partial charge in [0.1, 0.15) is 5.69 Å². The van der Waals surface area contributed by atoms with Gasteiger partial charge in [-0.25, -0.2) is 0 Å². The monoisotopic (exact) mass is 268 g/mol. The summed E-state index contributed by atoms with van der Waals surface area (Å²) in [5.41, 5.74) is 0.660. The first-order valence-corrected chi connectivity index (χ1v) is 6.65. The Balaban J connectivity index is 1.95. The molecule has 1 aliphatic rings. The van der Waals surface area contributed by atoms with Crippen LogP contribution in [0.3, 0.4) is 0 Å². The number of nitrogens with one attached hydrogen (secondary N) is 1. The van der Waals surface area contributed by atoms with Crippen LogP contribution in [0.2, 0.25) is 0 Å². The Morgan fingerprint density at radius 3 is 2.79 bits per heavy atom. The van der Waals surface area contributed by atoms with Crippen molar-refractivity contribution in [2.24, 2.45) is 0 Å². The predicted molar refractivity (Wildman–Crippen MR) is 67.2 cm³/mol. The molecule has 1 aromatic rings. The van der Waals surface area contributed by atoms with Gasteiger partial charge in [0.15, 0.2) is 0 Å². The molecule has 1 atom stereocenters. The third-order valence-electron chi connectivity index (χ3n) is 2.93. The van der Waals surface area contributed by atoms with Crippen LogP contribution in [0.15, 0.2) is 6.20 Å². The second-order valence-corrected chi connectivity index (χ2v) is 4.41. The lowest BCUT2D eigenvalue weighted by atomic mass is 10.2. The lowest BCUT2D eigenvalue weighted by molar-refractivity contribution is -0.142. The van der Waals surface area contributed by atoms with Gasteiger partial charge in [0.05, 0.1) is 12.7 Å². The number of rotatable bonds is 7. The van der Waals surface area contributed by atoms with Crippen molar-refractivity contribution in [3.8, 4) is 0 Å². The first-order chi connectivity index (χ1) is 9.22. The van der Waals surface area contributed by atoms with Crippen molar-refractivity contribution in [3.05, 3.63) is 11.9 Å². The summed E-state index contributed by atoms with van der Waals surface area (Å²) in [5.74, 6) is 0.104. The zero-order chi connectivity index (χ0) is 13.7. The molecule has 7 nitrogen and oxygen atoms in total. The third kappa shape index (κ3) is 3.74. The quantitative estimate of drug-likeness (QED) is 0.734. The zero-order valence-corrected chi connectivity index (χ0v) is 11.3. The summed E-state index contributed by atoms with van der Waals surface area (Å²) in [6, 6.07) is 0.139. The van der Waals surface area contributed by atoms with Crippen LogP contribution in [0.25, 0.3) is 0 Å². The second kappa shape index (κ2) is 6.63. The zero-order valence-electron chi connectivity index (χ0n) is 11.3. The van der Waals surface area contributed by atoms with Gasteiger partial charge in [0.25, 0.3) is 0 Å². The van der Waals surface area contributed by atoms with Crippen molar-refractivity contribution in [1.29, 1.82) is 0 Å². The van der Waals surface area contributed by atoms with E-state index in [2.05, 4.69) is 15.6 Å². The molecule has 1 saturated heterocycles. The van der Waals surface area contributed by atoms with Crippen molar-refractivity contribution in [2.45, 2.75) is 45.6 Å². The second-order valence-electron chi connectivity index (χ2n) is 4.41. The number of hydrogen-bond donors (Lipinski definition) is 1. The van der Waals surface area contributed by atoms with Crippen LogP contribution in [0, 0.1) is 0 Å². The summed E-state index contributed by atoms with van der Waals surface area (Å²) in [7, 11) is 0. The lowest BCUT2D eigenvalue weighted by Gasteiger charge is -2.13. The standard InChI is InChI=1S/C12H20N4O3/c1-3-18-12(19-4-2)10-8-16(15-14-10)7-9-5-6-11(17)13-9/h8-9,12H,3-7H2,1-2H3,(H,13,17). The molecule has 0 saturated carbocycles. The van der Waals surface area contributed by atoms with E-state index in [0.717, 1.165) is 6.42 Å². The summed E-state index contributed by atoms with van der Waals surface area (Å²) in [6.07, 6.45) is 2.77. The average molecular weight is 268 g/mol. The smallest absolute Gasteiger partial charge is 0.220 e. The molecule has 2 heterocycles. The van der Waals surface area contributed by atoms with E-state index in [-0.39, 0.29) is 11.9 Å². The summed E-state index contributed by atoms with van der Waals surface area (Å²) in [6.45, 7) is 5.55. The maximum absolute atomic E-state index is 11.1. The molecule has 0 bridgehead atoms. The van der Waals surface area contributed by atoms with Crippen LogP contribution < -0.4 is 5.32 Å². The number of ether oxygens (including phenoxy) is 2. The maximum Gasteiger partial charge on any atom is 0.220 e. The van der Waals surface area contributed by atoms with E-state index >= 15 is 0 Å². The molecule has 1 amide bonds. The van der Waals surface area contributed by atoms with Gasteiger partial charge in [0.2, 0.25) is 12.2 Å². The Labute approximate surface area is 112 Å². The van der Waals surface area contributed by atoms with E-state index in [0.29, 0.717) is 31.9 Å². The molecule has 0 aromatic carbocycles. The average Bonchev–Trinajstić information content (AvgIpc) is 2.99. The largest absolute Gasteiger partial charge is 0.351 e. The fourth-order valence-corrected chi connectivity index (χ4v) is 2.07. The van der Waals surface area contributed by atoms with E-state index < -0.39 is 6.29 Å². The number of amides is 1. The molecule has 106 valence electrons. The van der Waals surface area contributed by atoms with Crippen LogP contribution in [-0.4, -0.2) is 40.2 Å². The molecular weight excluding hydrogens is 248 g/mol. The first-order valence-electron chi connectivity index (χ1n) is 6.65. The van der Waals surface area contributed by atoms with E-state index in [1.54, 1.807) is 10.9 Å². The summed E-state index contributed by atoms with van der Waals surface area (Å²) in [5, 5.41) is 11.0. The van der Waals surface area contributed by atoms with Crippen molar-refractivity contribution in [1.82, 2.24) is 20.3 Å². The number of carbonyl (C=O) groups is 1. The number of nitrogens with zero attached hydrogens (tertiary/aromatic N) is 3. The van der Waals surface area contributed by atoms with Gasteiger partial charge in [-0.2, -0.15) is 0 Å². The predicted octanol–water partition coefficient (Wildman–Crippen LogP) is 0.628. The van der Waals surface area contributed by atoms with Crippen molar-refractivity contribution in [3.63, 3.8) is 0 Å². The third-order valence-corrected chi connectivity index (χ3v) is 2.93. The number of aromatic nitrogens is 3. The van der Waals surface area contributed by atoms with Gasteiger partial charge in [0, 0.05) is 25.7 Å². The Bertz CT molecular complexity index is 415. The van der Waals surface area contributed by atoms with Crippen molar-refractivity contribution < 1.29 is 14.3 Å². The Morgan fingerprint density at radius 2 is 2.21 bits per heavy atom. The highest BCUT2D eigenvalue weighted by molar-refractivity contribution is 5.78. The first kappa shape index (κ1) is 14.0. The highest BCUT2D eigenvalue weighted by Crippen LogP contribution is 2.16. The van der Waals surface area contributed by atoms with E-state index in [1.165, 1.54) is 0 Å². The summed E-state index contributed by atoms with van der Waals surface area (Å²) in [4.78, 5) is 11.1. The van der Waals surface area contributed by atoms with Gasteiger partial charge in [-0.05, 0) is 20.3 Å². The summed E-state index contributed by atoms with van der Waals surface area (Å²) >= 11 is 0. The molecule has 19 heavy (non-hydrogen) atoms. The summed E-state index contributed by atoms with van der Waals surface area (Å²) < 4.78 is 12.6. The van der Waals surface area contributed by atoms with Gasteiger partial charge in [-0.1, -0.05) is 5.21 Å². The highest BCUT2D eigenvalue weighted by Gasteiger charge is 2.22. The molecule has 1 N–H and O–H groups in total. The normalized spacial score (nSPS) is 19.1. The molecule has 1 fully saturated rings. The van der Waals surface area contributed by atoms with Crippen LogP contribution >= 0.6 is 0 Å². The van der Waals surface area contributed by atoms with Crippen LogP contribution in [0.1, 0.15) is 38.7 Å². The highest BCUT2D eigenvalue weighted by atomic mass is 16.7. The van der Waals surface area contributed by atoms with Gasteiger partial charge >= 0.3 is 0 Å². The Hall–Kier alpha value is -1.47. The molecule has 1 unspecified atom stereocenters. The van der Waals surface area contributed by atoms with E-state index in [9.17, 15) is 4.79 Å². The molecular formula is C12H20N4O3. The van der Waals surface area contributed by atoms with Gasteiger partial charge < -0.3 is 14.8 Å².